The van der Waals surface area contributed by atoms with Gasteiger partial charge in [-0.3, -0.25) is 9.59 Å². The second-order valence-electron chi connectivity index (χ2n) is 5.16. The Balaban J connectivity index is 2.95. The Labute approximate surface area is 143 Å². The summed E-state index contributed by atoms with van der Waals surface area (Å²) in [5.41, 5.74) is 0.130. The van der Waals surface area contributed by atoms with Crippen LogP contribution in [-0.4, -0.2) is 32.8 Å². The minimum absolute atomic E-state index is 0.0106. The Bertz CT molecular complexity index is 830. The Hall–Kier alpha value is -2.86. The topological polar surface area (TPSA) is 91.7 Å². The zero-order valence-corrected chi connectivity index (χ0v) is 13.6. The van der Waals surface area contributed by atoms with Crippen LogP contribution in [0.3, 0.4) is 0 Å². The molecule has 0 aliphatic heterocycles. The van der Waals surface area contributed by atoms with Crippen LogP contribution in [0.4, 0.5) is 0 Å². The summed E-state index contributed by atoms with van der Waals surface area (Å²) in [7, 11) is 0. The molecular weight excluding hydrogens is 328 g/mol. The van der Waals surface area contributed by atoms with Crippen molar-refractivity contribution in [1.29, 1.82) is 0 Å². The third-order valence-electron chi connectivity index (χ3n) is 3.79. The molecule has 5 nitrogen and oxygen atoms in total. The monoisotopic (exact) mass is 342 g/mol. The van der Waals surface area contributed by atoms with Crippen molar-refractivity contribution in [3.63, 3.8) is 0 Å². The van der Waals surface area contributed by atoms with Crippen LogP contribution in [0.25, 0.3) is 5.57 Å². The van der Waals surface area contributed by atoms with Crippen molar-refractivity contribution in [2.75, 3.05) is 0 Å². The molecule has 6 heteroatoms. The van der Waals surface area contributed by atoms with Crippen LogP contribution in [-0.2, 0) is 14.4 Å². The van der Waals surface area contributed by atoms with Gasteiger partial charge in [-0.1, -0.05) is 49.1 Å². The predicted molar refractivity (Wildman–Crippen MR) is 92.6 cm³/mol. The number of carbonyl (C=O) groups excluding carboxylic acids is 1. The van der Waals surface area contributed by atoms with Gasteiger partial charge < -0.3 is 10.2 Å². The first kappa shape index (κ1) is 17.5. The van der Waals surface area contributed by atoms with Crippen molar-refractivity contribution in [2.45, 2.75) is 6.92 Å². The van der Waals surface area contributed by atoms with Crippen molar-refractivity contribution in [3.8, 4) is 0 Å². The average Bonchev–Trinajstić information content (AvgIpc) is 2.56. The number of carboxylic acids is 2. The summed E-state index contributed by atoms with van der Waals surface area (Å²) in [6.45, 7) is 4.84. The molecule has 0 fully saturated rings. The molecule has 1 atom stereocenters. The molecule has 1 aromatic rings. The van der Waals surface area contributed by atoms with E-state index in [1.807, 2.05) is 0 Å². The third kappa shape index (κ3) is 2.83. The lowest BCUT2D eigenvalue weighted by Crippen LogP contribution is -2.33. The molecular formula is C18H14O5S. The fourth-order valence-electron chi connectivity index (χ4n) is 2.73. The SMILES string of the molecule is C=CC(=O)C1=C(C)C(=S)C(C(=O)O)C(c2ccccc2)=C1C(=O)O. The number of rotatable bonds is 5. The van der Waals surface area contributed by atoms with E-state index in [0.717, 1.165) is 6.08 Å². The molecule has 0 radical (unpaired) electrons. The molecule has 0 saturated heterocycles. The maximum atomic E-state index is 12.2. The summed E-state index contributed by atoms with van der Waals surface area (Å²) >= 11 is 5.23. The van der Waals surface area contributed by atoms with E-state index in [0.29, 0.717) is 5.56 Å². The largest absolute Gasteiger partial charge is 0.481 e. The molecule has 1 aromatic carbocycles. The smallest absolute Gasteiger partial charge is 0.336 e. The second-order valence-corrected chi connectivity index (χ2v) is 5.60. The molecule has 0 bridgehead atoms. The van der Waals surface area contributed by atoms with Crippen molar-refractivity contribution >= 4 is 40.4 Å². The maximum Gasteiger partial charge on any atom is 0.336 e. The molecule has 24 heavy (non-hydrogen) atoms. The number of hydrogen-bond acceptors (Lipinski definition) is 4. The Morgan fingerprint density at radius 2 is 1.71 bits per heavy atom. The van der Waals surface area contributed by atoms with Crippen LogP contribution in [0.15, 0.2) is 59.7 Å². The summed E-state index contributed by atoms with van der Waals surface area (Å²) < 4.78 is 0. The molecule has 0 amide bonds. The highest BCUT2D eigenvalue weighted by Gasteiger charge is 2.40. The first-order valence-corrected chi connectivity index (χ1v) is 7.40. The number of benzene rings is 1. The first-order valence-electron chi connectivity index (χ1n) is 6.99. The second kappa shape index (κ2) is 6.72. The lowest BCUT2D eigenvalue weighted by atomic mass is 9.75. The highest BCUT2D eigenvalue weighted by Crippen LogP contribution is 2.39. The number of allylic oxidation sites excluding steroid dienone is 2. The van der Waals surface area contributed by atoms with Crippen molar-refractivity contribution < 1.29 is 24.6 Å². The van der Waals surface area contributed by atoms with E-state index in [4.69, 9.17) is 12.2 Å². The lowest BCUT2D eigenvalue weighted by molar-refractivity contribution is -0.137. The minimum Gasteiger partial charge on any atom is -0.481 e. The summed E-state index contributed by atoms with van der Waals surface area (Å²) in [5.74, 6) is -4.56. The van der Waals surface area contributed by atoms with Gasteiger partial charge in [-0.15, -0.1) is 0 Å². The highest BCUT2D eigenvalue weighted by molar-refractivity contribution is 7.81. The molecule has 1 aliphatic rings. The van der Waals surface area contributed by atoms with Crippen molar-refractivity contribution in [3.05, 3.63) is 65.3 Å². The van der Waals surface area contributed by atoms with Crippen LogP contribution in [0.1, 0.15) is 12.5 Å². The van der Waals surface area contributed by atoms with Gasteiger partial charge in [-0.2, -0.15) is 0 Å². The van der Waals surface area contributed by atoms with Crippen LogP contribution in [0, 0.1) is 5.92 Å². The van der Waals surface area contributed by atoms with E-state index >= 15 is 0 Å². The fraction of sp³-hybridized carbons (Fsp3) is 0.111. The summed E-state index contributed by atoms with van der Waals surface area (Å²) in [5, 5.41) is 19.3. The Morgan fingerprint density at radius 1 is 1.12 bits per heavy atom. The molecule has 0 heterocycles. The lowest BCUT2D eigenvalue weighted by Gasteiger charge is -2.28. The van der Waals surface area contributed by atoms with Crippen LogP contribution in [0.2, 0.25) is 0 Å². The van der Waals surface area contributed by atoms with Crippen LogP contribution in [0.5, 0.6) is 0 Å². The van der Waals surface area contributed by atoms with E-state index in [1.165, 1.54) is 6.92 Å². The molecule has 122 valence electrons. The number of carbonyl (C=O) groups is 3. The molecule has 0 aromatic heterocycles. The summed E-state index contributed by atoms with van der Waals surface area (Å²) in [6.07, 6.45) is 0.994. The van der Waals surface area contributed by atoms with Gasteiger partial charge in [0.2, 0.25) is 0 Å². The normalized spacial score (nSPS) is 17.7. The third-order valence-corrected chi connectivity index (χ3v) is 4.33. The van der Waals surface area contributed by atoms with Gasteiger partial charge >= 0.3 is 11.9 Å². The standard InChI is InChI=1S/C18H14O5S/c1-3-11(19)12-9(2)16(24)15(18(22)23)13(14(12)17(20)21)10-7-5-4-6-8-10/h3-8,15H,1H2,2H3,(H,20,21)(H,22,23). The van der Waals surface area contributed by atoms with E-state index in [2.05, 4.69) is 6.58 Å². The van der Waals surface area contributed by atoms with Crippen LogP contribution >= 0.6 is 12.2 Å². The van der Waals surface area contributed by atoms with E-state index in [1.54, 1.807) is 30.3 Å². The zero-order valence-electron chi connectivity index (χ0n) is 12.8. The molecule has 1 unspecified atom stereocenters. The maximum absolute atomic E-state index is 12.2. The van der Waals surface area contributed by atoms with Crippen molar-refractivity contribution in [1.82, 2.24) is 0 Å². The van der Waals surface area contributed by atoms with Crippen LogP contribution < -0.4 is 0 Å². The number of aliphatic carboxylic acids is 2. The van der Waals surface area contributed by atoms with Gasteiger partial charge in [0.15, 0.2) is 5.78 Å². The Kier molecular flexibility index (Phi) is 4.90. The number of hydrogen-bond donors (Lipinski definition) is 2. The zero-order chi connectivity index (χ0) is 18.0. The number of ketones is 1. The van der Waals surface area contributed by atoms with Gasteiger partial charge in [-0.25, -0.2) is 4.79 Å². The minimum atomic E-state index is -1.38. The average molecular weight is 342 g/mol. The quantitative estimate of drug-likeness (QED) is 0.631. The molecule has 1 aliphatic carbocycles. The molecule has 0 saturated carbocycles. The van der Waals surface area contributed by atoms with E-state index in [-0.39, 0.29) is 27.2 Å². The number of carboxylic acid groups (broad SMARTS) is 2. The summed E-state index contributed by atoms with van der Waals surface area (Å²) in [6, 6.07) is 8.22. The molecule has 2 N–H and O–H groups in total. The highest BCUT2D eigenvalue weighted by atomic mass is 32.1. The summed E-state index contributed by atoms with van der Waals surface area (Å²) in [4.78, 5) is 35.9. The van der Waals surface area contributed by atoms with Gasteiger partial charge in [0, 0.05) is 10.4 Å². The van der Waals surface area contributed by atoms with Gasteiger partial charge in [0.1, 0.15) is 5.92 Å². The first-order chi connectivity index (χ1) is 11.3. The molecule has 2 rings (SSSR count). The van der Waals surface area contributed by atoms with Gasteiger partial charge in [0.05, 0.1) is 5.57 Å². The van der Waals surface area contributed by atoms with E-state index in [9.17, 15) is 24.6 Å². The predicted octanol–water partition coefficient (Wildman–Crippen LogP) is 2.68. The number of thiocarbonyl (C=S) groups is 1. The van der Waals surface area contributed by atoms with Gasteiger partial charge in [-0.05, 0) is 29.7 Å². The Morgan fingerprint density at radius 3 is 2.17 bits per heavy atom. The molecule has 0 spiro atoms. The van der Waals surface area contributed by atoms with Gasteiger partial charge in [0.25, 0.3) is 0 Å². The van der Waals surface area contributed by atoms with E-state index < -0.39 is 23.6 Å². The van der Waals surface area contributed by atoms with Crippen molar-refractivity contribution in [2.24, 2.45) is 5.92 Å². The fourth-order valence-corrected chi connectivity index (χ4v) is 3.05.